The summed E-state index contributed by atoms with van der Waals surface area (Å²) in [5.74, 6) is 0.856. The van der Waals surface area contributed by atoms with Gasteiger partial charge in [0, 0.05) is 23.5 Å². The molecule has 0 aliphatic carbocycles. The SMILES string of the molecule is CC1(N)CCN(c2cnc3nc(Sc4cccc(C#N)c4Cl)ccc3n2)CC1. The Bertz CT molecular complexity index is 1070. The van der Waals surface area contributed by atoms with Crippen molar-refractivity contribution >= 4 is 40.3 Å². The van der Waals surface area contributed by atoms with Crippen molar-refractivity contribution in [3.8, 4) is 6.07 Å². The molecule has 2 aromatic heterocycles. The van der Waals surface area contributed by atoms with Crippen LogP contribution in [0.5, 0.6) is 0 Å². The lowest BCUT2D eigenvalue weighted by molar-refractivity contribution is 0.363. The first-order valence-corrected chi connectivity index (χ1v) is 10.2. The van der Waals surface area contributed by atoms with E-state index in [1.807, 2.05) is 24.3 Å². The van der Waals surface area contributed by atoms with Crippen molar-refractivity contribution in [1.29, 1.82) is 5.26 Å². The topological polar surface area (TPSA) is 91.7 Å². The van der Waals surface area contributed by atoms with Gasteiger partial charge in [0.1, 0.15) is 22.4 Å². The largest absolute Gasteiger partial charge is 0.355 e. The van der Waals surface area contributed by atoms with E-state index >= 15 is 0 Å². The fraction of sp³-hybridized carbons (Fsp3) is 0.300. The Labute approximate surface area is 172 Å². The summed E-state index contributed by atoms with van der Waals surface area (Å²) in [5.41, 5.74) is 7.90. The van der Waals surface area contributed by atoms with Crippen LogP contribution in [0.4, 0.5) is 5.82 Å². The van der Waals surface area contributed by atoms with E-state index in [0.29, 0.717) is 16.2 Å². The molecule has 1 aliphatic rings. The Balaban J connectivity index is 1.57. The number of anilines is 1. The van der Waals surface area contributed by atoms with Gasteiger partial charge >= 0.3 is 0 Å². The molecule has 8 heteroatoms. The number of aromatic nitrogens is 3. The molecule has 0 radical (unpaired) electrons. The first-order chi connectivity index (χ1) is 13.4. The van der Waals surface area contributed by atoms with E-state index < -0.39 is 0 Å². The summed E-state index contributed by atoms with van der Waals surface area (Å²) in [7, 11) is 0. The van der Waals surface area contributed by atoms with Crippen LogP contribution >= 0.6 is 23.4 Å². The van der Waals surface area contributed by atoms with Crippen molar-refractivity contribution < 1.29 is 0 Å². The van der Waals surface area contributed by atoms with Crippen LogP contribution in [-0.4, -0.2) is 33.6 Å². The summed E-state index contributed by atoms with van der Waals surface area (Å²) >= 11 is 7.69. The summed E-state index contributed by atoms with van der Waals surface area (Å²) in [6, 6.07) is 11.3. The standard InChI is InChI=1S/C20H19ClN6S/c1-20(23)7-9-27(10-8-20)16-12-24-19-14(25-16)5-6-17(26-19)28-15-4-2-3-13(11-22)18(15)21/h2-6,12H,7-10,23H2,1H3. The van der Waals surface area contributed by atoms with Gasteiger partial charge in [0.2, 0.25) is 0 Å². The van der Waals surface area contributed by atoms with Crippen LogP contribution in [0.3, 0.4) is 0 Å². The highest BCUT2D eigenvalue weighted by Gasteiger charge is 2.26. The predicted molar refractivity (Wildman–Crippen MR) is 112 cm³/mol. The number of nitrogens with zero attached hydrogens (tertiary/aromatic N) is 5. The number of nitriles is 1. The molecule has 0 atom stereocenters. The number of nitrogens with two attached hydrogens (primary N) is 1. The van der Waals surface area contributed by atoms with Gasteiger partial charge in [-0.2, -0.15) is 5.26 Å². The third-order valence-electron chi connectivity index (χ3n) is 4.89. The number of piperidine rings is 1. The summed E-state index contributed by atoms with van der Waals surface area (Å²) in [6.45, 7) is 3.85. The molecular weight excluding hydrogens is 392 g/mol. The zero-order chi connectivity index (χ0) is 19.7. The molecule has 0 bridgehead atoms. The van der Waals surface area contributed by atoms with Crippen LogP contribution in [0.15, 0.2) is 46.5 Å². The molecule has 28 heavy (non-hydrogen) atoms. The van der Waals surface area contributed by atoms with Gasteiger partial charge < -0.3 is 10.6 Å². The number of hydrogen-bond donors (Lipinski definition) is 1. The third kappa shape index (κ3) is 3.90. The highest BCUT2D eigenvalue weighted by molar-refractivity contribution is 7.99. The third-order valence-corrected chi connectivity index (χ3v) is 6.41. The van der Waals surface area contributed by atoms with Crippen molar-refractivity contribution in [2.24, 2.45) is 5.73 Å². The van der Waals surface area contributed by atoms with E-state index in [-0.39, 0.29) is 5.54 Å². The molecule has 3 heterocycles. The molecule has 1 aliphatic heterocycles. The Kier molecular flexibility index (Phi) is 5.11. The number of hydrogen-bond acceptors (Lipinski definition) is 7. The number of rotatable bonds is 3. The second-order valence-corrected chi connectivity index (χ2v) is 8.63. The molecule has 1 saturated heterocycles. The van der Waals surface area contributed by atoms with Gasteiger partial charge in [0.25, 0.3) is 0 Å². The minimum absolute atomic E-state index is 0.0986. The molecule has 4 rings (SSSR count). The predicted octanol–water partition coefficient (Wildman–Crippen LogP) is 4.02. The van der Waals surface area contributed by atoms with Crippen LogP contribution in [-0.2, 0) is 0 Å². The Morgan fingerprint density at radius 1 is 1.21 bits per heavy atom. The lowest BCUT2D eigenvalue weighted by Crippen LogP contribution is -2.48. The monoisotopic (exact) mass is 410 g/mol. The average molecular weight is 411 g/mol. The highest BCUT2D eigenvalue weighted by Crippen LogP contribution is 2.34. The first-order valence-electron chi connectivity index (χ1n) is 8.99. The Morgan fingerprint density at radius 2 is 2.00 bits per heavy atom. The van der Waals surface area contributed by atoms with Crippen molar-refractivity contribution in [3.63, 3.8) is 0 Å². The minimum atomic E-state index is -0.0986. The summed E-state index contributed by atoms with van der Waals surface area (Å²) in [6.07, 6.45) is 3.64. The van der Waals surface area contributed by atoms with Gasteiger partial charge in [-0.3, -0.25) is 0 Å². The molecule has 0 unspecified atom stereocenters. The maximum atomic E-state index is 9.12. The number of benzene rings is 1. The second-order valence-electron chi connectivity index (χ2n) is 7.19. The number of pyridine rings is 1. The minimum Gasteiger partial charge on any atom is -0.355 e. The normalized spacial score (nSPS) is 16.1. The van der Waals surface area contributed by atoms with Crippen LogP contribution in [0, 0.1) is 11.3 Å². The highest BCUT2D eigenvalue weighted by atomic mass is 35.5. The Morgan fingerprint density at radius 3 is 2.75 bits per heavy atom. The smallest absolute Gasteiger partial charge is 0.179 e. The zero-order valence-electron chi connectivity index (χ0n) is 15.4. The van der Waals surface area contributed by atoms with Crippen molar-refractivity contribution in [3.05, 3.63) is 47.1 Å². The molecule has 142 valence electrons. The van der Waals surface area contributed by atoms with E-state index in [0.717, 1.165) is 47.2 Å². The second kappa shape index (κ2) is 7.55. The van der Waals surface area contributed by atoms with Crippen LogP contribution < -0.4 is 10.6 Å². The summed E-state index contributed by atoms with van der Waals surface area (Å²) in [4.78, 5) is 16.8. The van der Waals surface area contributed by atoms with Crippen LogP contribution in [0.1, 0.15) is 25.3 Å². The van der Waals surface area contributed by atoms with Gasteiger partial charge in [-0.15, -0.1) is 0 Å². The fourth-order valence-electron chi connectivity index (χ4n) is 3.12. The molecule has 0 spiro atoms. The number of halogens is 1. The molecule has 0 amide bonds. The summed E-state index contributed by atoms with van der Waals surface area (Å²) in [5, 5.41) is 10.3. The van der Waals surface area contributed by atoms with Gasteiger partial charge in [-0.1, -0.05) is 29.4 Å². The van der Waals surface area contributed by atoms with Crippen molar-refractivity contribution in [2.75, 3.05) is 18.0 Å². The fourth-order valence-corrected chi connectivity index (χ4v) is 4.25. The van der Waals surface area contributed by atoms with E-state index in [1.54, 1.807) is 12.3 Å². The van der Waals surface area contributed by atoms with Crippen LogP contribution in [0.2, 0.25) is 5.02 Å². The molecule has 2 N–H and O–H groups in total. The lowest BCUT2D eigenvalue weighted by atomic mass is 9.91. The Hall–Kier alpha value is -2.40. The zero-order valence-corrected chi connectivity index (χ0v) is 17.0. The van der Waals surface area contributed by atoms with Gasteiger partial charge in [-0.05, 0) is 44.0 Å². The number of fused-ring (bicyclic) bond motifs is 1. The average Bonchev–Trinajstić information content (AvgIpc) is 2.69. The quantitative estimate of drug-likeness (QED) is 0.697. The molecule has 6 nitrogen and oxygen atoms in total. The molecule has 1 fully saturated rings. The molecular formula is C20H19ClN6S. The van der Waals surface area contributed by atoms with Gasteiger partial charge in [-0.25, -0.2) is 15.0 Å². The maximum absolute atomic E-state index is 9.12. The molecule has 3 aromatic rings. The molecule has 1 aromatic carbocycles. The molecule has 0 saturated carbocycles. The summed E-state index contributed by atoms with van der Waals surface area (Å²) < 4.78 is 0. The first kappa shape index (κ1) is 18.9. The van der Waals surface area contributed by atoms with Crippen molar-refractivity contribution in [2.45, 2.75) is 35.2 Å². The maximum Gasteiger partial charge on any atom is 0.179 e. The van der Waals surface area contributed by atoms with Gasteiger partial charge in [0.05, 0.1) is 16.8 Å². The lowest BCUT2D eigenvalue weighted by Gasteiger charge is -2.37. The van der Waals surface area contributed by atoms with Crippen LogP contribution in [0.25, 0.3) is 11.2 Å². The van der Waals surface area contributed by atoms with E-state index in [9.17, 15) is 0 Å². The van der Waals surface area contributed by atoms with Crippen molar-refractivity contribution in [1.82, 2.24) is 15.0 Å². The van der Waals surface area contributed by atoms with E-state index in [1.165, 1.54) is 11.8 Å². The van der Waals surface area contributed by atoms with Gasteiger partial charge in [0.15, 0.2) is 5.65 Å². The van der Waals surface area contributed by atoms with E-state index in [2.05, 4.69) is 27.9 Å². The van der Waals surface area contributed by atoms with E-state index in [4.69, 9.17) is 27.6 Å².